The molecule has 2 N–H and O–H groups in total. The summed E-state index contributed by atoms with van der Waals surface area (Å²) in [4.78, 5) is 40.2. The smallest absolute Gasteiger partial charge is 0.303 e. The molecule has 2 amide bonds. The van der Waals surface area contributed by atoms with E-state index in [4.69, 9.17) is 5.11 Å². The summed E-state index contributed by atoms with van der Waals surface area (Å²) in [5, 5.41) is 12.0. The Bertz CT molecular complexity index is 1530. The lowest BCUT2D eigenvalue weighted by molar-refractivity contribution is -0.137. The van der Waals surface area contributed by atoms with Gasteiger partial charge in [0.25, 0.3) is 11.8 Å². The van der Waals surface area contributed by atoms with Crippen LogP contribution in [0.15, 0.2) is 120 Å². The first-order valence-electron chi connectivity index (χ1n) is 12.5. The van der Waals surface area contributed by atoms with Gasteiger partial charge in [0.1, 0.15) is 0 Å². The zero-order valence-corrected chi connectivity index (χ0v) is 21.8. The van der Waals surface area contributed by atoms with Crippen LogP contribution in [0.2, 0.25) is 0 Å². The first-order valence-corrected chi connectivity index (χ1v) is 13.4. The van der Waals surface area contributed by atoms with Crippen LogP contribution in [0.3, 0.4) is 0 Å². The first kappa shape index (κ1) is 26.0. The zero-order valence-electron chi connectivity index (χ0n) is 21.0. The van der Waals surface area contributed by atoms with Gasteiger partial charge in [-0.2, -0.15) is 0 Å². The number of benzene rings is 4. The minimum Gasteiger partial charge on any atom is -0.481 e. The molecule has 0 fully saturated rings. The molecule has 0 saturated heterocycles. The molecule has 4 aromatic carbocycles. The fourth-order valence-electron chi connectivity index (χ4n) is 4.40. The van der Waals surface area contributed by atoms with Gasteiger partial charge in [-0.1, -0.05) is 66.7 Å². The normalized spacial score (nSPS) is 14.3. The number of carbonyl (C=O) groups is 3. The zero-order chi connectivity index (χ0) is 27.2. The molecular weight excluding hydrogens is 508 g/mol. The molecule has 1 unspecified atom stereocenters. The van der Waals surface area contributed by atoms with Crippen LogP contribution in [-0.2, 0) is 4.79 Å². The van der Waals surface area contributed by atoms with Crippen molar-refractivity contribution in [2.45, 2.75) is 23.0 Å². The molecule has 0 aromatic heterocycles. The Morgan fingerprint density at radius 1 is 0.821 bits per heavy atom. The van der Waals surface area contributed by atoms with Crippen LogP contribution in [-0.4, -0.2) is 28.1 Å². The molecule has 6 nitrogen and oxygen atoms in total. The van der Waals surface area contributed by atoms with E-state index < -0.39 is 5.97 Å². The number of carboxylic acid groups (broad SMARTS) is 1. The monoisotopic (exact) mass is 534 g/mol. The van der Waals surface area contributed by atoms with Crippen LogP contribution in [0, 0.1) is 0 Å². The van der Waals surface area contributed by atoms with Crippen LogP contribution in [0.4, 0.5) is 11.4 Å². The first-order chi connectivity index (χ1) is 19.0. The van der Waals surface area contributed by atoms with E-state index in [-0.39, 0.29) is 23.5 Å². The Morgan fingerprint density at radius 3 is 2.28 bits per heavy atom. The molecule has 0 bridgehead atoms. The van der Waals surface area contributed by atoms with Gasteiger partial charge in [0, 0.05) is 39.6 Å². The Balaban J connectivity index is 1.34. The molecule has 0 spiro atoms. The predicted octanol–water partition coefficient (Wildman–Crippen LogP) is 7.11. The number of nitrogens with one attached hydrogen (secondary N) is 1. The second kappa shape index (κ2) is 11.8. The summed E-state index contributed by atoms with van der Waals surface area (Å²) in [5.74, 6) is -1.29. The number of anilines is 2. The number of carboxylic acids is 1. The number of amides is 2. The summed E-state index contributed by atoms with van der Waals surface area (Å²) < 4.78 is 0. The molecule has 194 valence electrons. The fourth-order valence-corrected chi connectivity index (χ4v) is 5.56. The predicted molar refractivity (Wildman–Crippen MR) is 155 cm³/mol. The van der Waals surface area contributed by atoms with Gasteiger partial charge >= 0.3 is 5.97 Å². The summed E-state index contributed by atoms with van der Waals surface area (Å²) >= 11 is 1.55. The molecule has 1 heterocycles. The van der Waals surface area contributed by atoms with Crippen molar-refractivity contribution in [2.75, 3.05) is 10.2 Å². The largest absolute Gasteiger partial charge is 0.481 e. The highest BCUT2D eigenvalue weighted by Gasteiger charge is 2.23. The van der Waals surface area contributed by atoms with Crippen molar-refractivity contribution in [3.05, 3.63) is 127 Å². The summed E-state index contributed by atoms with van der Waals surface area (Å²) in [6.07, 6.45) is 4.13. The molecule has 0 radical (unpaired) electrons. The van der Waals surface area contributed by atoms with Crippen molar-refractivity contribution in [1.82, 2.24) is 0 Å². The topological polar surface area (TPSA) is 86.7 Å². The summed E-state index contributed by atoms with van der Waals surface area (Å²) in [7, 11) is 0. The number of para-hydroxylation sites is 1. The highest BCUT2D eigenvalue weighted by atomic mass is 32.2. The highest BCUT2D eigenvalue weighted by molar-refractivity contribution is 8.00. The number of fused-ring (bicyclic) bond motifs is 1. The maximum absolute atomic E-state index is 13.5. The van der Waals surface area contributed by atoms with E-state index in [0.717, 1.165) is 21.7 Å². The van der Waals surface area contributed by atoms with Gasteiger partial charge in [-0.25, -0.2) is 0 Å². The molecule has 7 heteroatoms. The van der Waals surface area contributed by atoms with Crippen molar-refractivity contribution in [3.8, 4) is 11.1 Å². The lowest BCUT2D eigenvalue weighted by atomic mass is 9.99. The molecule has 0 aliphatic carbocycles. The van der Waals surface area contributed by atoms with Gasteiger partial charge in [0.2, 0.25) is 0 Å². The second-order valence-corrected chi connectivity index (χ2v) is 10.3. The van der Waals surface area contributed by atoms with Crippen molar-refractivity contribution in [1.29, 1.82) is 0 Å². The molecule has 0 saturated carbocycles. The minimum atomic E-state index is -0.842. The third kappa shape index (κ3) is 6.10. The Hall–Kier alpha value is -4.62. The average molecular weight is 535 g/mol. The number of nitrogens with zero attached hydrogens (tertiary/aromatic N) is 1. The van der Waals surface area contributed by atoms with Gasteiger partial charge in [-0.05, 0) is 60.0 Å². The number of aliphatic carboxylic acids is 1. The van der Waals surface area contributed by atoms with E-state index in [0.29, 0.717) is 23.2 Å². The molecule has 5 rings (SSSR count). The standard InChI is InChI=1S/C32H26N2O4S/c35-30(36)19-18-25-20-21-34(28-12-6-7-13-29(28)39-25)32(38)23-14-16-24(17-15-23)33-31(37)27-11-5-4-10-26(27)22-8-2-1-3-9-22/h1-17,20-21,25H,18-19H2,(H,33,37)(H,35,36). The Kier molecular flexibility index (Phi) is 7.89. The number of hydrogen-bond acceptors (Lipinski definition) is 4. The van der Waals surface area contributed by atoms with Crippen LogP contribution in [0.1, 0.15) is 33.6 Å². The highest BCUT2D eigenvalue weighted by Crippen LogP contribution is 2.38. The number of hydrogen-bond donors (Lipinski definition) is 2. The molecule has 4 aromatic rings. The van der Waals surface area contributed by atoms with E-state index in [2.05, 4.69) is 5.32 Å². The number of carbonyl (C=O) groups excluding carboxylic acids is 2. The molecule has 1 aliphatic heterocycles. The Labute approximate surface area is 231 Å². The van der Waals surface area contributed by atoms with E-state index in [1.54, 1.807) is 53.2 Å². The fraction of sp³-hybridized carbons (Fsp3) is 0.0938. The summed E-state index contributed by atoms with van der Waals surface area (Å²) in [6, 6.07) is 31.6. The molecule has 1 atom stereocenters. The molecule has 1 aliphatic rings. The van der Waals surface area contributed by atoms with Crippen molar-refractivity contribution >= 4 is 40.9 Å². The third-order valence-electron chi connectivity index (χ3n) is 6.36. The van der Waals surface area contributed by atoms with Gasteiger partial charge in [-0.15, -0.1) is 11.8 Å². The number of rotatable bonds is 7. The van der Waals surface area contributed by atoms with Crippen molar-refractivity contribution in [2.24, 2.45) is 0 Å². The van der Waals surface area contributed by atoms with Gasteiger partial charge in [0.05, 0.1) is 5.69 Å². The van der Waals surface area contributed by atoms with Crippen LogP contribution in [0.25, 0.3) is 11.1 Å². The van der Waals surface area contributed by atoms with Gasteiger partial charge < -0.3 is 10.4 Å². The summed E-state index contributed by atoms with van der Waals surface area (Å²) in [5.41, 5.74) is 4.15. The Morgan fingerprint density at radius 2 is 1.51 bits per heavy atom. The van der Waals surface area contributed by atoms with Gasteiger partial charge in [-0.3, -0.25) is 19.3 Å². The lowest BCUT2D eigenvalue weighted by Gasteiger charge is -2.20. The third-order valence-corrected chi connectivity index (χ3v) is 7.66. The molecule has 39 heavy (non-hydrogen) atoms. The summed E-state index contributed by atoms with van der Waals surface area (Å²) in [6.45, 7) is 0. The van der Waals surface area contributed by atoms with E-state index in [1.807, 2.05) is 78.9 Å². The van der Waals surface area contributed by atoms with E-state index in [9.17, 15) is 14.4 Å². The quantitative estimate of drug-likeness (QED) is 0.264. The maximum atomic E-state index is 13.5. The number of thioether (sulfide) groups is 1. The minimum absolute atomic E-state index is 0.0567. The van der Waals surface area contributed by atoms with Crippen LogP contribution in [0.5, 0.6) is 0 Å². The van der Waals surface area contributed by atoms with E-state index in [1.165, 1.54) is 0 Å². The maximum Gasteiger partial charge on any atom is 0.303 e. The van der Waals surface area contributed by atoms with Crippen molar-refractivity contribution in [3.63, 3.8) is 0 Å². The van der Waals surface area contributed by atoms with Crippen LogP contribution < -0.4 is 10.2 Å². The van der Waals surface area contributed by atoms with Crippen molar-refractivity contribution < 1.29 is 19.5 Å². The average Bonchev–Trinajstić information content (AvgIpc) is 3.16. The second-order valence-electron chi connectivity index (χ2n) is 9.02. The van der Waals surface area contributed by atoms with Gasteiger partial charge in [0.15, 0.2) is 0 Å². The molecular formula is C32H26N2O4S. The SMILES string of the molecule is O=C(O)CCC1C=CN(C(=O)c2ccc(NC(=O)c3ccccc3-c3ccccc3)cc2)c2ccccc2S1. The van der Waals surface area contributed by atoms with Crippen LogP contribution >= 0.6 is 11.8 Å². The lowest BCUT2D eigenvalue weighted by Crippen LogP contribution is -2.25. The van der Waals surface area contributed by atoms with E-state index >= 15 is 0 Å².